The van der Waals surface area contributed by atoms with Crippen LogP contribution in [0.4, 0.5) is 0 Å². The Morgan fingerprint density at radius 1 is 1.07 bits per heavy atom. The van der Waals surface area contributed by atoms with Crippen molar-refractivity contribution in [2.75, 3.05) is 0 Å². The number of hydrogen-bond donors (Lipinski definition) is 0. The van der Waals surface area contributed by atoms with Gasteiger partial charge in [0.15, 0.2) is 5.71 Å². The number of hydrogen-bond acceptors (Lipinski definition) is 2. The Kier molecular flexibility index (Phi) is 1.31. The van der Waals surface area contributed by atoms with Crippen molar-refractivity contribution in [2.45, 2.75) is 0 Å². The van der Waals surface area contributed by atoms with E-state index in [1.807, 2.05) is 30.3 Å². The van der Waals surface area contributed by atoms with Crippen molar-refractivity contribution in [3.8, 4) is 0 Å². The van der Waals surface area contributed by atoms with Crippen molar-refractivity contribution in [3.05, 3.63) is 41.6 Å². The van der Waals surface area contributed by atoms with Crippen molar-refractivity contribution in [1.29, 1.82) is 0 Å². The van der Waals surface area contributed by atoms with Gasteiger partial charge in [0.1, 0.15) is 5.71 Å². The van der Waals surface area contributed by atoms with E-state index in [0.717, 1.165) is 16.8 Å². The first kappa shape index (κ1) is 7.38. The third kappa shape index (κ3) is 0.836. The Labute approximate surface area is 80.5 Å². The predicted molar refractivity (Wildman–Crippen MR) is 54.5 cm³/mol. The number of amides is 1. The van der Waals surface area contributed by atoms with E-state index in [0.29, 0.717) is 5.71 Å². The largest absolute Gasteiger partial charge is 0.298 e. The average molecular weight is 182 g/mol. The Bertz CT molecular complexity index is 524. The van der Waals surface area contributed by atoms with Crippen LogP contribution in [-0.2, 0) is 4.79 Å². The molecule has 1 aromatic carbocycles. The van der Waals surface area contributed by atoms with Gasteiger partial charge in [0.05, 0.1) is 0 Å². The minimum atomic E-state index is -0.221. The molecule has 2 heterocycles. The smallest absolute Gasteiger partial charge is 0.265 e. The molecule has 0 fully saturated rings. The lowest BCUT2D eigenvalue weighted by Gasteiger charge is -2.14. The minimum absolute atomic E-state index is 0.221. The van der Waals surface area contributed by atoms with Crippen LogP contribution >= 0.6 is 0 Å². The van der Waals surface area contributed by atoms with Crippen LogP contribution in [0.15, 0.2) is 40.5 Å². The van der Waals surface area contributed by atoms with Gasteiger partial charge in [0, 0.05) is 11.8 Å². The number of aliphatic imine (C=N–C) groups is 2. The van der Waals surface area contributed by atoms with E-state index >= 15 is 0 Å². The van der Waals surface area contributed by atoms with Gasteiger partial charge in [0.25, 0.3) is 5.91 Å². The fourth-order valence-electron chi connectivity index (χ4n) is 1.61. The van der Waals surface area contributed by atoms with Gasteiger partial charge in [-0.3, -0.25) is 4.79 Å². The molecule has 2 aliphatic rings. The molecular weight excluding hydrogens is 176 g/mol. The van der Waals surface area contributed by atoms with E-state index in [1.165, 1.54) is 0 Å². The van der Waals surface area contributed by atoms with E-state index in [4.69, 9.17) is 0 Å². The molecule has 66 valence electrons. The lowest BCUT2D eigenvalue weighted by molar-refractivity contribution is -0.112. The van der Waals surface area contributed by atoms with Crippen LogP contribution in [0, 0.1) is 0 Å². The summed E-state index contributed by atoms with van der Waals surface area (Å²) in [6.07, 6.45) is 3.53. The molecule has 0 saturated heterocycles. The molecule has 3 nitrogen and oxygen atoms in total. The summed E-state index contributed by atoms with van der Waals surface area (Å²) in [5.41, 5.74) is 3.24. The third-order valence-corrected chi connectivity index (χ3v) is 2.31. The molecule has 14 heavy (non-hydrogen) atoms. The van der Waals surface area contributed by atoms with Gasteiger partial charge in [-0.25, -0.2) is 9.98 Å². The first-order chi connectivity index (χ1) is 6.86. The third-order valence-electron chi connectivity index (χ3n) is 2.31. The van der Waals surface area contributed by atoms with Crippen LogP contribution in [0.3, 0.4) is 0 Å². The summed E-state index contributed by atoms with van der Waals surface area (Å²) in [4.78, 5) is 19.0. The number of benzene rings is 1. The lowest BCUT2D eigenvalue weighted by atomic mass is 9.97. The Balaban J connectivity index is 2.30. The Hall–Kier alpha value is -2.03. The van der Waals surface area contributed by atoms with E-state index in [2.05, 4.69) is 9.98 Å². The molecule has 3 rings (SSSR count). The Morgan fingerprint density at radius 3 is 2.79 bits per heavy atom. The summed E-state index contributed by atoms with van der Waals surface area (Å²) >= 11 is 0. The number of carbonyl (C=O) groups is 1. The summed E-state index contributed by atoms with van der Waals surface area (Å²) in [7, 11) is 0. The first-order valence-electron chi connectivity index (χ1n) is 4.33. The number of fused-ring (bicyclic) bond motifs is 3. The topological polar surface area (TPSA) is 41.8 Å². The molecule has 0 spiro atoms. The number of carbonyl (C=O) groups excluding carboxylic acids is 1. The molecule has 0 bridgehead atoms. The molecule has 0 atom stereocenters. The fraction of sp³-hybridized carbons (Fsp3) is 0. The van der Waals surface area contributed by atoms with Crippen LogP contribution in [0.1, 0.15) is 11.1 Å². The van der Waals surface area contributed by atoms with Gasteiger partial charge in [-0.05, 0) is 11.6 Å². The highest BCUT2D eigenvalue weighted by Crippen LogP contribution is 2.20. The van der Waals surface area contributed by atoms with Gasteiger partial charge >= 0.3 is 0 Å². The second kappa shape index (κ2) is 2.48. The molecule has 0 saturated carbocycles. The molecule has 1 aromatic rings. The zero-order valence-electron chi connectivity index (χ0n) is 7.27. The minimum Gasteiger partial charge on any atom is -0.265 e. The molecule has 0 aliphatic carbocycles. The highest BCUT2D eigenvalue weighted by Gasteiger charge is 2.30. The van der Waals surface area contributed by atoms with Gasteiger partial charge < -0.3 is 0 Å². The second-order valence-electron chi connectivity index (χ2n) is 3.15. The molecule has 3 heteroatoms. The molecular formula is C11H6N2O. The van der Waals surface area contributed by atoms with E-state index < -0.39 is 0 Å². The second-order valence-corrected chi connectivity index (χ2v) is 3.15. The lowest BCUT2D eigenvalue weighted by Crippen LogP contribution is -2.34. The zero-order chi connectivity index (χ0) is 9.54. The van der Waals surface area contributed by atoms with Crippen molar-refractivity contribution in [3.63, 3.8) is 0 Å². The highest BCUT2D eigenvalue weighted by molar-refractivity contribution is 6.78. The summed E-state index contributed by atoms with van der Waals surface area (Å²) in [5, 5.41) is 0. The van der Waals surface area contributed by atoms with Gasteiger partial charge in [0.2, 0.25) is 0 Å². The maximum atomic E-state index is 11.1. The number of rotatable bonds is 0. The fourth-order valence-corrected chi connectivity index (χ4v) is 1.61. The van der Waals surface area contributed by atoms with Gasteiger partial charge in [-0.2, -0.15) is 0 Å². The van der Waals surface area contributed by atoms with Gasteiger partial charge in [-0.15, -0.1) is 0 Å². The van der Waals surface area contributed by atoms with E-state index in [-0.39, 0.29) is 5.91 Å². The van der Waals surface area contributed by atoms with E-state index in [1.54, 1.807) is 6.20 Å². The maximum Gasteiger partial charge on any atom is 0.298 e. The van der Waals surface area contributed by atoms with Crippen LogP contribution in [0.25, 0.3) is 6.08 Å². The van der Waals surface area contributed by atoms with Gasteiger partial charge in [-0.1, -0.05) is 24.3 Å². The predicted octanol–water partition coefficient (Wildman–Crippen LogP) is 1.44. The SMILES string of the molecule is O=C1N=C2C1=NC=Cc1ccccc12. The summed E-state index contributed by atoms with van der Waals surface area (Å²) in [6, 6.07) is 7.82. The number of nitrogens with zero attached hydrogens (tertiary/aromatic N) is 2. The average Bonchev–Trinajstić information content (AvgIpc) is 2.35. The van der Waals surface area contributed by atoms with Crippen LogP contribution in [0.5, 0.6) is 0 Å². The molecule has 0 N–H and O–H groups in total. The zero-order valence-corrected chi connectivity index (χ0v) is 7.27. The first-order valence-corrected chi connectivity index (χ1v) is 4.33. The standard InChI is InChI=1S/C11H6N2O/c14-11-10-9(13-11)8-4-2-1-3-7(8)5-6-12-10/h1-6H. The highest BCUT2D eigenvalue weighted by atomic mass is 16.2. The molecule has 1 amide bonds. The van der Waals surface area contributed by atoms with Crippen LogP contribution in [0.2, 0.25) is 0 Å². The maximum absolute atomic E-state index is 11.1. The molecule has 0 aromatic heterocycles. The molecule has 2 aliphatic heterocycles. The van der Waals surface area contributed by atoms with Crippen molar-refractivity contribution < 1.29 is 4.79 Å². The van der Waals surface area contributed by atoms with Crippen LogP contribution < -0.4 is 0 Å². The Morgan fingerprint density at radius 2 is 1.93 bits per heavy atom. The van der Waals surface area contributed by atoms with Crippen molar-refractivity contribution >= 4 is 23.4 Å². The van der Waals surface area contributed by atoms with E-state index in [9.17, 15) is 4.79 Å². The summed E-state index contributed by atoms with van der Waals surface area (Å²) < 4.78 is 0. The van der Waals surface area contributed by atoms with Crippen LogP contribution in [-0.4, -0.2) is 17.3 Å². The quantitative estimate of drug-likeness (QED) is 0.598. The van der Waals surface area contributed by atoms with Crippen molar-refractivity contribution in [1.82, 2.24) is 0 Å². The monoisotopic (exact) mass is 182 g/mol. The molecule has 0 radical (unpaired) electrons. The summed E-state index contributed by atoms with van der Waals surface area (Å²) in [6.45, 7) is 0. The molecule has 0 unspecified atom stereocenters. The normalized spacial score (nSPS) is 17.3. The summed E-state index contributed by atoms with van der Waals surface area (Å²) in [5.74, 6) is -0.221. The van der Waals surface area contributed by atoms with Crippen molar-refractivity contribution in [2.24, 2.45) is 9.98 Å².